The second-order valence-electron chi connectivity index (χ2n) is 5.74. The smallest absolute Gasteiger partial charge is 0.255 e. The van der Waals surface area contributed by atoms with Gasteiger partial charge < -0.3 is 14.7 Å². The highest BCUT2D eigenvalue weighted by atomic mass is 16.5. The second kappa shape index (κ2) is 8.78. The number of hydrogen-bond acceptors (Lipinski definition) is 4. The van der Waals surface area contributed by atoms with E-state index in [9.17, 15) is 9.90 Å². The maximum Gasteiger partial charge on any atom is 0.255 e. The van der Waals surface area contributed by atoms with Crippen molar-refractivity contribution in [2.45, 2.75) is 6.54 Å². The molecular formula is C21H20N2O3. The predicted octanol–water partition coefficient (Wildman–Crippen LogP) is 3.51. The largest absolute Gasteiger partial charge is 0.439 e. The summed E-state index contributed by atoms with van der Waals surface area (Å²) in [5, 5.41) is 9.29. The van der Waals surface area contributed by atoms with Crippen molar-refractivity contribution in [3.05, 3.63) is 90.1 Å². The van der Waals surface area contributed by atoms with Crippen LogP contribution in [-0.2, 0) is 6.54 Å². The number of benzene rings is 2. The molecule has 26 heavy (non-hydrogen) atoms. The van der Waals surface area contributed by atoms with Crippen LogP contribution in [0.25, 0.3) is 0 Å². The van der Waals surface area contributed by atoms with Crippen LogP contribution in [-0.4, -0.2) is 34.0 Å². The highest BCUT2D eigenvalue weighted by Crippen LogP contribution is 2.19. The lowest BCUT2D eigenvalue weighted by molar-refractivity contribution is 0.0707. The fourth-order valence-electron chi connectivity index (χ4n) is 2.54. The van der Waals surface area contributed by atoms with Crippen molar-refractivity contribution in [2.24, 2.45) is 0 Å². The van der Waals surface area contributed by atoms with Gasteiger partial charge in [0.2, 0.25) is 5.88 Å². The Morgan fingerprint density at radius 1 is 0.962 bits per heavy atom. The third-order valence-corrected chi connectivity index (χ3v) is 3.82. The molecule has 0 atom stereocenters. The summed E-state index contributed by atoms with van der Waals surface area (Å²) in [6.07, 6.45) is 1.50. The molecule has 0 unspecified atom stereocenters. The first kappa shape index (κ1) is 17.6. The van der Waals surface area contributed by atoms with Crippen LogP contribution < -0.4 is 4.74 Å². The van der Waals surface area contributed by atoms with Crippen LogP contribution in [0.5, 0.6) is 11.6 Å². The number of ether oxygens (including phenoxy) is 1. The van der Waals surface area contributed by atoms with Crippen LogP contribution in [0, 0.1) is 0 Å². The molecule has 0 saturated carbocycles. The SMILES string of the molecule is O=C(c1ccc(Oc2ccccc2)nc1)N(CCO)Cc1ccccc1. The Bertz CT molecular complexity index is 821. The van der Waals surface area contributed by atoms with Gasteiger partial charge in [-0.3, -0.25) is 4.79 Å². The number of pyridine rings is 1. The number of carbonyl (C=O) groups excluding carboxylic acids is 1. The molecular weight excluding hydrogens is 328 g/mol. The van der Waals surface area contributed by atoms with Crippen molar-refractivity contribution < 1.29 is 14.6 Å². The number of nitrogens with zero attached hydrogens (tertiary/aromatic N) is 2. The van der Waals surface area contributed by atoms with Gasteiger partial charge in [0, 0.05) is 25.4 Å². The molecule has 0 fully saturated rings. The zero-order valence-corrected chi connectivity index (χ0v) is 14.3. The van der Waals surface area contributed by atoms with E-state index < -0.39 is 0 Å². The zero-order chi connectivity index (χ0) is 18.2. The molecule has 0 radical (unpaired) electrons. The molecule has 2 aromatic carbocycles. The van der Waals surface area contributed by atoms with Gasteiger partial charge >= 0.3 is 0 Å². The Labute approximate surface area is 152 Å². The first-order valence-corrected chi connectivity index (χ1v) is 8.39. The number of rotatable bonds is 7. The normalized spacial score (nSPS) is 10.3. The van der Waals surface area contributed by atoms with Crippen molar-refractivity contribution in [1.82, 2.24) is 9.88 Å². The van der Waals surface area contributed by atoms with Crippen LogP contribution in [0.15, 0.2) is 79.0 Å². The van der Waals surface area contributed by atoms with Crippen molar-refractivity contribution in [3.8, 4) is 11.6 Å². The van der Waals surface area contributed by atoms with Crippen LogP contribution in [0.3, 0.4) is 0 Å². The van der Waals surface area contributed by atoms with Crippen molar-refractivity contribution in [1.29, 1.82) is 0 Å². The molecule has 1 aromatic heterocycles. The molecule has 0 saturated heterocycles. The summed E-state index contributed by atoms with van der Waals surface area (Å²) in [7, 11) is 0. The molecule has 0 aliphatic carbocycles. The van der Waals surface area contributed by atoms with E-state index in [2.05, 4.69) is 4.98 Å². The molecule has 5 heteroatoms. The number of carbonyl (C=O) groups is 1. The van der Waals surface area contributed by atoms with Crippen LogP contribution in [0.4, 0.5) is 0 Å². The molecule has 5 nitrogen and oxygen atoms in total. The van der Waals surface area contributed by atoms with Gasteiger partial charge in [-0.2, -0.15) is 0 Å². The second-order valence-corrected chi connectivity index (χ2v) is 5.74. The van der Waals surface area contributed by atoms with Crippen LogP contribution in [0.1, 0.15) is 15.9 Å². The predicted molar refractivity (Wildman–Crippen MR) is 99.0 cm³/mol. The molecule has 0 aliphatic rings. The molecule has 0 spiro atoms. The van der Waals surface area contributed by atoms with E-state index in [1.807, 2.05) is 60.7 Å². The third kappa shape index (κ3) is 4.68. The molecule has 0 bridgehead atoms. The number of amides is 1. The minimum Gasteiger partial charge on any atom is -0.439 e. The van der Waals surface area contributed by atoms with E-state index in [1.54, 1.807) is 17.0 Å². The topological polar surface area (TPSA) is 62.7 Å². The monoisotopic (exact) mass is 348 g/mol. The average molecular weight is 348 g/mol. The maximum absolute atomic E-state index is 12.7. The fourth-order valence-corrected chi connectivity index (χ4v) is 2.54. The van der Waals surface area contributed by atoms with Crippen molar-refractivity contribution in [3.63, 3.8) is 0 Å². The molecule has 132 valence electrons. The molecule has 3 rings (SSSR count). The molecule has 1 heterocycles. The molecule has 0 aliphatic heterocycles. The zero-order valence-electron chi connectivity index (χ0n) is 14.3. The Balaban J connectivity index is 1.70. The number of hydrogen-bond donors (Lipinski definition) is 1. The Kier molecular flexibility index (Phi) is 5.96. The Morgan fingerprint density at radius 2 is 1.65 bits per heavy atom. The number of aromatic nitrogens is 1. The summed E-state index contributed by atoms with van der Waals surface area (Å²) in [6, 6.07) is 22.4. The summed E-state index contributed by atoms with van der Waals surface area (Å²) < 4.78 is 5.64. The summed E-state index contributed by atoms with van der Waals surface area (Å²) in [4.78, 5) is 18.6. The third-order valence-electron chi connectivity index (χ3n) is 3.82. The summed E-state index contributed by atoms with van der Waals surface area (Å²) in [5.74, 6) is 0.927. The van der Waals surface area contributed by atoms with Gasteiger partial charge in [-0.25, -0.2) is 4.98 Å². The van der Waals surface area contributed by atoms with Gasteiger partial charge in [0.25, 0.3) is 5.91 Å². The van der Waals surface area contributed by atoms with E-state index in [0.717, 1.165) is 5.56 Å². The van der Waals surface area contributed by atoms with Gasteiger partial charge in [-0.15, -0.1) is 0 Å². The van der Waals surface area contributed by atoms with E-state index in [4.69, 9.17) is 4.74 Å². The minimum absolute atomic E-state index is 0.0960. The highest BCUT2D eigenvalue weighted by molar-refractivity contribution is 5.94. The van der Waals surface area contributed by atoms with Gasteiger partial charge in [-0.05, 0) is 23.8 Å². The lowest BCUT2D eigenvalue weighted by atomic mass is 10.2. The lowest BCUT2D eigenvalue weighted by Crippen LogP contribution is -2.33. The minimum atomic E-state index is -0.179. The lowest BCUT2D eigenvalue weighted by Gasteiger charge is -2.22. The number of aliphatic hydroxyl groups is 1. The number of aliphatic hydroxyl groups excluding tert-OH is 1. The molecule has 1 amide bonds. The summed E-state index contributed by atoms with van der Waals surface area (Å²) in [6.45, 7) is 0.597. The average Bonchev–Trinajstić information content (AvgIpc) is 2.69. The van der Waals surface area contributed by atoms with Gasteiger partial charge in [-0.1, -0.05) is 48.5 Å². The molecule has 3 aromatic rings. The quantitative estimate of drug-likeness (QED) is 0.710. The first-order chi connectivity index (χ1) is 12.8. The Morgan fingerprint density at radius 3 is 2.27 bits per heavy atom. The van der Waals surface area contributed by atoms with Crippen molar-refractivity contribution >= 4 is 5.91 Å². The van der Waals surface area contributed by atoms with Gasteiger partial charge in [0.05, 0.1) is 12.2 Å². The van der Waals surface area contributed by atoms with Gasteiger partial charge in [0.1, 0.15) is 5.75 Å². The maximum atomic E-state index is 12.7. The van der Waals surface area contributed by atoms with Crippen molar-refractivity contribution in [2.75, 3.05) is 13.2 Å². The number of para-hydroxylation sites is 1. The van der Waals surface area contributed by atoms with Gasteiger partial charge in [0.15, 0.2) is 0 Å². The summed E-state index contributed by atoms with van der Waals surface area (Å²) >= 11 is 0. The first-order valence-electron chi connectivity index (χ1n) is 8.39. The fraction of sp³-hybridized carbons (Fsp3) is 0.143. The van der Waals surface area contributed by atoms with E-state index >= 15 is 0 Å². The van der Waals surface area contributed by atoms with Crippen LogP contribution >= 0.6 is 0 Å². The highest BCUT2D eigenvalue weighted by Gasteiger charge is 2.16. The van der Waals surface area contributed by atoms with E-state index in [-0.39, 0.29) is 19.1 Å². The molecule has 1 N–H and O–H groups in total. The van der Waals surface area contributed by atoms with Crippen LogP contribution in [0.2, 0.25) is 0 Å². The summed E-state index contributed by atoms with van der Waals surface area (Å²) in [5.41, 5.74) is 1.46. The van der Waals surface area contributed by atoms with E-state index in [0.29, 0.717) is 23.7 Å². The Hall–Kier alpha value is -3.18. The standard InChI is InChI=1S/C21H20N2O3/c24-14-13-23(16-17-7-3-1-4-8-17)21(25)18-11-12-20(22-15-18)26-19-9-5-2-6-10-19/h1-12,15,24H,13-14,16H2. The van der Waals surface area contributed by atoms with E-state index in [1.165, 1.54) is 6.20 Å².